The number of halogens is 1. The van der Waals surface area contributed by atoms with E-state index in [1.54, 1.807) is 12.1 Å². The number of hydrogen-bond acceptors (Lipinski definition) is 6. The fraction of sp³-hybridized carbons (Fsp3) is 0.316. The molecule has 2 aromatic heterocycles. The summed E-state index contributed by atoms with van der Waals surface area (Å²) in [6, 6.07) is 11.6. The monoisotopic (exact) mass is 402 g/mol. The highest BCUT2D eigenvalue weighted by molar-refractivity contribution is 7.17. The first kappa shape index (κ1) is 18.2. The zero-order chi connectivity index (χ0) is 18.8. The van der Waals surface area contributed by atoms with Crippen LogP contribution in [-0.2, 0) is 6.54 Å². The Kier molecular flexibility index (Phi) is 5.24. The molecule has 3 aromatic rings. The number of carbonyl (C=O) groups excluding carboxylic acids is 1. The SMILES string of the molecule is Cc1ccc(-c2noc(CN3CCN(C(=O)c4ccc(Cl)s4)CC3)n2)cc1. The normalized spacial score (nSPS) is 15.3. The van der Waals surface area contributed by atoms with Gasteiger partial charge in [-0.25, -0.2) is 0 Å². The second-order valence-corrected chi connectivity index (χ2v) is 8.26. The molecule has 0 saturated carbocycles. The van der Waals surface area contributed by atoms with Gasteiger partial charge in [-0.15, -0.1) is 11.3 Å². The van der Waals surface area contributed by atoms with Gasteiger partial charge in [0.2, 0.25) is 11.7 Å². The van der Waals surface area contributed by atoms with Gasteiger partial charge in [0.1, 0.15) is 0 Å². The summed E-state index contributed by atoms with van der Waals surface area (Å²) in [7, 11) is 0. The first-order valence-electron chi connectivity index (χ1n) is 8.75. The maximum atomic E-state index is 12.5. The topological polar surface area (TPSA) is 62.5 Å². The van der Waals surface area contributed by atoms with Crippen LogP contribution in [0.3, 0.4) is 0 Å². The second kappa shape index (κ2) is 7.80. The molecule has 0 aliphatic carbocycles. The zero-order valence-corrected chi connectivity index (χ0v) is 16.5. The third kappa shape index (κ3) is 4.21. The summed E-state index contributed by atoms with van der Waals surface area (Å²) >= 11 is 7.25. The van der Waals surface area contributed by atoms with Crippen molar-refractivity contribution in [3.8, 4) is 11.4 Å². The van der Waals surface area contributed by atoms with Gasteiger partial charge in [0.25, 0.3) is 5.91 Å². The van der Waals surface area contributed by atoms with Gasteiger partial charge in [0, 0.05) is 31.7 Å². The lowest BCUT2D eigenvalue weighted by Crippen LogP contribution is -2.48. The molecule has 0 bridgehead atoms. The highest BCUT2D eigenvalue weighted by atomic mass is 35.5. The van der Waals surface area contributed by atoms with Crippen molar-refractivity contribution in [1.82, 2.24) is 19.9 Å². The zero-order valence-electron chi connectivity index (χ0n) is 14.9. The number of carbonyl (C=O) groups is 1. The van der Waals surface area contributed by atoms with Gasteiger partial charge in [-0.05, 0) is 19.1 Å². The fourth-order valence-electron chi connectivity index (χ4n) is 3.02. The molecule has 1 fully saturated rings. The minimum Gasteiger partial charge on any atom is -0.338 e. The molecule has 0 spiro atoms. The van der Waals surface area contributed by atoms with Crippen LogP contribution in [0.25, 0.3) is 11.4 Å². The Morgan fingerprint density at radius 3 is 2.56 bits per heavy atom. The maximum Gasteiger partial charge on any atom is 0.264 e. The summed E-state index contributed by atoms with van der Waals surface area (Å²) < 4.78 is 6.04. The lowest BCUT2D eigenvalue weighted by Gasteiger charge is -2.33. The van der Waals surface area contributed by atoms with Gasteiger partial charge in [-0.1, -0.05) is 46.6 Å². The van der Waals surface area contributed by atoms with E-state index >= 15 is 0 Å². The van der Waals surface area contributed by atoms with Crippen LogP contribution in [0.15, 0.2) is 40.9 Å². The number of nitrogens with zero attached hydrogens (tertiary/aromatic N) is 4. The molecule has 0 radical (unpaired) electrons. The molecule has 1 aliphatic heterocycles. The van der Waals surface area contributed by atoms with E-state index in [1.165, 1.54) is 16.9 Å². The number of hydrogen-bond donors (Lipinski definition) is 0. The number of aromatic nitrogens is 2. The van der Waals surface area contributed by atoms with E-state index in [0.717, 1.165) is 18.7 Å². The summed E-state index contributed by atoms with van der Waals surface area (Å²) in [5.74, 6) is 1.25. The Morgan fingerprint density at radius 2 is 1.89 bits per heavy atom. The largest absolute Gasteiger partial charge is 0.338 e. The van der Waals surface area contributed by atoms with Crippen LogP contribution in [-0.4, -0.2) is 52.0 Å². The predicted molar refractivity (Wildman–Crippen MR) is 105 cm³/mol. The van der Waals surface area contributed by atoms with Crippen molar-refractivity contribution >= 4 is 28.8 Å². The minimum atomic E-state index is 0.0472. The van der Waals surface area contributed by atoms with Gasteiger partial charge in [-0.3, -0.25) is 9.69 Å². The Hall–Kier alpha value is -2.22. The summed E-state index contributed by atoms with van der Waals surface area (Å²) in [4.78, 5) is 21.7. The molecule has 0 unspecified atom stereocenters. The fourth-order valence-corrected chi connectivity index (χ4v) is 4.04. The van der Waals surface area contributed by atoms with Crippen molar-refractivity contribution in [1.29, 1.82) is 0 Å². The smallest absolute Gasteiger partial charge is 0.264 e. The molecular weight excluding hydrogens is 384 g/mol. The molecule has 6 nitrogen and oxygen atoms in total. The van der Waals surface area contributed by atoms with Crippen molar-refractivity contribution in [3.05, 3.63) is 57.1 Å². The van der Waals surface area contributed by atoms with Gasteiger partial charge < -0.3 is 9.42 Å². The summed E-state index contributed by atoms with van der Waals surface area (Å²) in [5, 5.41) is 4.08. The molecule has 140 valence electrons. The molecule has 1 amide bonds. The molecular formula is C19H19ClN4O2S. The van der Waals surface area contributed by atoms with Crippen LogP contribution in [0.4, 0.5) is 0 Å². The Morgan fingerprint density at radius 1 is 1.15 bits per heavy atom. The van der Waals surface area contributed by atoms with Gasteiger partial charge in [0.15, 0.2) is 0 Å². The Labute approximate surface area is 166 Å². The average molecular weight is 403 g/mol. The van der Waals surface area contributed by atoms with E-state index in [2.05, 4.69) is 15.0 Å². The van der Waals surface area contributed by atoms with Crippen molar-refractivity contribution in [2.75, 3.05) is 26.2 Å². The van der Waals surface area contributed by atoms with Crippen LogP contribution in [0.5, 0.6) is 0 Å². The number of benzene rings is 1. The number of rotatable bonds is 4. The van der Waals surface area contributed by atoms with E-state index in [0.29, 0.717) is 40.6 Å². The van der Waals surface area contributed by atoms with Crippen molar-refractivity contribution < 1.29 is 9.32 Å². The molecule has 1 saturated heterocycles. The van der Waals surface area contributed by atoms with Crippen molar-refractivity contribution in [2.24, 2.45) is 0 Å². The number of aryl methyl sites for hydroxylation is 1. The van der Waals surface area contributed by atoms with Crippen LogP contribution in [0.2, 0.25) is 4.34 Å². The third-order valence-electron chi connectivity index (χ3n) is 4.58. The molecule has 8 heteroatoms. The quantitative estimate of drug-likeness (QED) is 0.665. The molecule has 0 atom stereocenters. The Balaban J connectivity index is 1.33. The van der Waals surface area contributed by atoms with E-state index < -0.39 is 0 Å². The first-order valence-corrected chi connectivity index (χ1v) is 9.94. The van der Waals surface area contributed by atoms with Crippen LogP contribution >= 0.6 is 22.9 Å². The number of thiophene rings is 1. The highest BCUT2D eigenvalue weighted by Crippen LogP contribution is 2.23. The van der Waals surface area contributed by atoms with E-state index in [1.807, 2.05) is 36.1 Å². The van der Waals surface area contributed by atoms with Crippen LogP contribution in [0.1, 0.15) is 21.1 Å². The van der Waals surface area contributed by atoms with Gasteiger partial charge >= 0.3 is 0 Å². The van der Waals surface area contributed by atoms with Crippen molar-refractivity contribution in [2.45, 2.75) is 13.5 Å². The number of piperazine rings is 1. The standard InChI is InChI=1S/C19H19ClN4O2S/c1-13-2-4-14(5-3-13)18-21-17(26-22-18)12-23-8-10-24(11-9-23)19(25)15-6-7-16(20)27-15/h2-7H,8-12H2,1H3. The Bertz CT molecular complexity index is 929. The average Bonchev–Trinajstić information content (AvgIpc) is 3.32. The lowest BCUT2D eigenvalue weighted by atomic mass is 10.1. The van der Waals surface area contributed by atoms with E-state index in [-0.39, 0.29) is 5.91 Å². The predicted octanol–water partition coefficient (Wildman–Crippen LogP) is 3.72. The van der Waals surface area contributed by atoms with Crippen LogP contribution in [0, 0.1) is 6.92 Å². The van der Waals surface area contributed by atoms with Crippen molar-refractivity contribution in [3.63, 3.8) is 0 Å². The lowest BCUT2D eigenvalue weighted by molar-refractivity contribution is 0.0620. The molecule has 3 heterocycles. The first-order chi connectivity index (χ1) is 13.1. The maximum absolute atomic E-state index is 12.5. The summed E-state index contributed by atoms with van der Waals surface area (Å²) in [6.45, 7) is 5.52. The minimum absolute atomic E-state index is 0.0472. The molecule has 4 rings (SSSR count). The van der Waals surface area contributed by atoms with E-state index in [4.69, 9.17) is 16.1 Å². The molecule has 0 N–H and O–H groups in total. The van der Waals surface area contributed by atoms with E-state index in [9.17, 15) is 4.79 Å². The van der Waals surface area contributed by atoms with Crippen LogP contribution < -0.4 is 0 Å². The molecule has 27 heavy (non-hydrogen) atoms. The molecule has 1 aromatic carbocycles. The second-order valence-electron chi connectivity index (χ2n) is 6.55. The highest BCUT2D eigenvalue weighted by Gasteiger charge is 2.24. The third-order valence-corrected chi connectivity index (χ3v) is 5.80. The van der Waals surface area contributed by atoms with Gasteiger partial charge in [0.05, 0.1) is 15.8 Å². The number of amides is 1. The summed E-state index contributed by atoms with van der Waals surface area (Å²) in [6.07, 6.45) is 0. The summed E-state index contributed by atoms with van der Waals surface area (Å²) in [5.41, 5.74) is 2.14. The van der Waals surface area contributed by atoms with Gasteiger partial charge in [-0.2, -0.15) is 4.98 Å². The molecule has 1 aliphatic rings.